The predicted octanol–water partition coefficient (Wildman–Crippen LogP) is 3.77. The van der Waals surface area contributed by atoms with Crippen molar-refractivity contribution < 1.29 is 14.7 Å². The van der Waals surface area contributed by atoms with Gasteiger partial charge >= 0.3 is 0 Å². The molecule has 3 heteroatoms. The van der Waals surface area contributed by atoms with Gasteiger partial charge in [-0.05, 0) is 80.0 Å². The number of aliphatic hydroxyl groups is 1. The summed E-state index contributed by atoms with van der Waals surface area (Å²) >= 11 is 0. The van der Waals surface area contributed by atoms with Crippen molar-refractivity contribution in [3.8, 4) is 0 Å². The van der Waals surface area contributed by atoms with Crippen LogP contribution in [0.3, 0.4) is 0 Å². The molecule has 0 radical (unpaired) electrons. The molecule has 0 unspecified atom stereocenters. The van der Waals surface area contributed by atoms with Gasteiger partial charge in [-0.15, -0.1) is 0 Å². The van der Waals surface area contributed by atoms with Crippen LogP contribution in [0, 0.1) is 40.4 Å². The molecule has 0 aromatic heterocycles. The van der Waals surface area contributed by atoms with Gasteiger partial charge in [0, 0.05) is 18.8 Å². The number of rotatable bonds is 1. The lowest BCUT2D eigenvalue weighted by Gasteiger charge is -2.61. The lowest BCUT2D eigenvalue weighted by Crippen LogP contribution is -2.59. The number of ketones is 2. The summed E-state index contributed by atoms with van der Waals surface area (Å²) in [6, 6.07) is 0. The van der Waals surface area contributed by atoms with Crippen molar-refractivity contribution in [1.29, 1.82) is 0 Å². The van der Waals surface area contributed by atoms with E-state index in [1.54, 1.807) is 6.92 Å². The molecular weight excluding hydrogens is 300 g/mol. The molecule has 8 atom stereocenters. The standard InChI is InChI=1S/C21H32O3/c1-12(22)16-6-7-17-15-5-4-13-10-14(23)8-9-20(13,2)19(15)18(24)11-21(16,17)3/h13,15-19,24H,4-11H2,1-3H3/t13-,15+,16-,17-,18-,19+,20+,21-/m1/s1. The van der Waals surface area contributed by atoms with Crippen molar-refractivity contribution in [2.24, 2.45) is 40.4 Å². The second kappa shape index (κ2) is 5.40. The van der Waals surface area contributed by atoms with Gasteiger partial charge in [-0.2, -0.15) is 0 Å². The fourth-order valence-electron chi connectivity index (χ4n) is 7.84. The molecule has 4 rings (SSSR count). The first-order valence-corrected chi connectivity index (χ1v) is 9.97. The highest BCUT2D eigenvalue weighted by Crippen LogP contribution is 2.67. The Hall–Kier alpha value is -0.700. The normalized spacial score (nSPS) is 53.9. The second-order valence-electron chi connectivity index (χ2n) is 9.84. The molecule has 0 aromatic carbocycles. The molecule has 24 heavy (non-hydrogen) atoms. The van der Waals surface area contributed by atoms with Crippen LogP contribution in [0.2, 0.25) is 0 Å². The van der Waals surface area contributed by atoms with Crippen molar-refractivity contribution in [1.82, 2.24) is 0 Å². The van der Waals surface area contributed by atoms with Crippen molar-refractivity contribution in [2.45, 2.75) is 78.2 Å². The number of hydrogen-bond acceptors (Lipinski definition) is 3. The first-order valence-electron chi connectivity index (χ1n) is 9.97. The van der Waals surface area contributed by atoms with Crippen molar-refractivity contribution in [3.05, 3.63) is 0 Å². The molecule has 0 heterocycles. The van der Waals surface area contributed by atoms with Crippen LogP contribution < -0.4 is 0 Å². The van der Waals surface area contributed by atoms with Crippen LogP contribution in [0.25, 0.3) is 0 Å². The summed E-state index contributed by atoms with van der Waals surface area (Å²) in [5, 5.41) is 11.2. The number of carbonyl (C=O) groups is 2. The third kappa shape index (κ3) is 2.12. The zero-order chi connectivity index (χ0) is 17.3. The molecule has 0 amide bonds. The maximum atomic E-state index is 12.2. The number of fused-ring (bicyclic) bond motifs is 5. The van der Waals surface area contributed by atoms with E-state index in [0.717, 1.165) is 44.9 Å². The minimum absolute atomic E-state index is 0.0138. The number of carbonyl (C=O) groups excluding carboxylic acids is 2. The van der Waals surface area contributed by atoms with Crippen LogP contribution in [-0.2, 0) is 9.59 Å². The third-order valence-electron chi connectivity index (χ3n) is 8.90. The fraction of sp³-hybridized carbons (Fsp3) is 0.905. The van der Waals surface area contributed by atoms with Crippen LogP contribution in [0.4, 0.5) is 0 Å². The fourth-order valence-corrected chi connectivity index (χ4v) is 7.84. The summed E-state index contributed by atoms with van der Waals surface area (Å²) in [7, 11) is 0. The minimum atomic E-state index is -0.308. The molecule has 4 aliphatic carbocycles. The smallest absolute Gasteiger partial charge is 0.133 e. The number of aliphatic hydroxyl groups excluding tert-OH is 1. The second-order valence-corrected chi connectivity index (χ2v) is 9.84. The quantitative estimate of drug-likeness (QED) is 0.795. The average Bonchev–Trinajstić information content (AvgIpc) is 2.84. The Labute approximate surface area is 145 Å². The Morgan fingerprint density at radius 1 is 1.12 bits per heavy atom. The molecule has 4 aliphatic rings. The van der Waals surface area contributed by atoms with Crippen molar-refractivity contribution >= 4 is 11.6 Å². The molecule has 0 bridgehead atoms. The zero-order valence-electron chi connectivity index (χ0n) is 15.4. The van der Waals surface area contributed by atoms with Crippen LogP contribution in [-0.4, -0.2) is 22.8 Å². The first kappa shape index (κ1) is 16.8. The van der Waals surface area contributed by atoms with Crippen LogP contribution in [0.1, 0.15) is 72.1 Å². The first-order chi connectivity index (χ1) is 11.3. The topological polar surface area (TPSA) is 54.4 Å². The van der Waals surface area contributed by atoms with Crippen LogP contribution >= 0.6 is 0 Å². The molecule has 3 nitrogen and oxygen atoms in total. The van der Waals surface area contributed by atoms with Gasteiger partial charge in [0.05, 0.1) is 6.10 Å². The summed E-state index contributed by atoms with van der Waals surface area (Å²) in [6.45, 7) is 6.36. The summed E-state index contributed by atoms with van der Waals surface area (Å²) in [6.07, 6.45) is 7.27. The van der Waals surface area contributed by atoms with Gasteiger partial charge in [0.25, 0.3) is 0 Å². The van der Waals surface area contributed by atoms with Gasteiger partial charge < -0.3 is 5.11 Å². The van der Waals surface area contributed by atoms with Gasteiger partial charge in [0.1, 0.15) is 11.6 Å². The Morgan fingerprint density at radius 3 is 2.58 bits per heavy atom. The van der Waals surface area contributed by atoms with E-state index in [-0.39, 0.29) is 22.9 Å². The average molecular weight is 332 g/mol. The molecule has 0 saturated heterocycles. The molecular formula is C21H32O3. The summed E-state index contributed by atoms with van der Waals surface area (Å²) in [4.78, 5) is 24.1. The zero-order valence-corrected chi connectivity index (χ0v) is 15.4. The summed E-state index contributed by atoms with van der Waals surface area (Å²) in [5.41, 5.74) is 0.103. The Bertz CT molecular complexity index is 569. The van der Waals surface area contributed by atoms with E-state index >= 15 is 0 Å². The van der Waals surface area contributed by atoms with E-state index in [1.807, 2.05) is 0 Å². The highest BCUT2D eigenvalue weighted by atomic mass is 16.3. The van der Waals surface area contributed by atoms with Gasteiger partial charge in [-0.1, -0.05) is 13.8 Å². The lowest BCUT2D eigenvalue weighted by molar-refractivity contribution is -0.173. The van der Waals surface area contributed by atoms with E-state index in [0.29, 0.717) is 41.7 Å². The number of Topliss-reactive ketones (excluding diaryl/α,β-unsaturated/α-hetero) is 2. The molecule has 4 saturated carbocycles. The Morgan fingerprint density at radius 2 is 1.88 bits per heavy atom. The monoisotopic (exact) mass is 332 g/mol. The summed E-state index contributed by atoms with van der Waals surface area (Å²) < 4.78 is 0. The predicted molar refractivity (Wildman–Crippen MR) is 92.3 cm³/mol. The molecule has 4 fully saturated rings. The maximum absolute atomic E-state index is 12.2. The highest BCUT2D eigenvalue weighted by Gasteiger charge is 2.63. The number of hydrogen-bond donors (Lipinski definition) is 1. The van der Waals surface area contributed by atoms with Gasteiger partial charge in [0.15, 0.2) is 0 Å². The van der Waals surface area contributed by atoms with Gasteiger partial charge in [-0.3, -0.25) is 9.59 Å². The van der Waals surface area contributed by atoms with Crippen LogP contribution in [0.15, 0.2) is 0 Å². The van der Waals surface area contributed by atoms with Crippen molar-refractivity contribution in [3.63, 3.8) is 0 Å². The van der Waals surface area contributed by atoms with E-state index in [2.05, 4.69) is 13.8 Å². The molecule has 0 aromatic rings. The SMILES string of the molecule is CC(=O)[C@H]1CC[C@@H]2[C@@H]3CC[C@@H]4CC(=O)CC[C@]4(C)[C@@H]3[C@H](O)C[C@]12C. The largest absolute Gasteiger partial charge is 0.393 e. The van der Waals surface area contributed by atoms with E-state index in [9.17, 15) is 14.7 Å². The lowest BCUT2D eigenvalue weighted by atomic mass is 9.44. The van der Waals surface area contributed by atoms with E-state index in [4.69, 9.17) is 0 Å². The van der Waals surface area contributed by atoms with Gasteiger partial charge in [-0.25, -0.2) is 0 Å². The Balaban J connectivity index is 1.68. The van der Waals surface area contributed by atoms with Crippen molar-refractivity contribution in [2.75, 3.05) is 0 Å². The van der Waals surface area contributed by atoms with E-state index in [1.165, 1.54) is 0 Å². The van der Waals surface area contributed by atoms with Gasteiger partial charge in [0.2, 0.25) is 0 Å². The molecule has 134 valence electrons. The van der Waals surface area contributed by atoms with E-state index < -0.39 is 0 Å². The third-order valence-corrected chi connectivity index (χ3v) is 8.90. The minimum Gasteiger partial charge on any atom is -0.393 e. The summed E-state index contributed by atoms with van der Waals surface area (Å²) in [5.74, 6) is 2.78. The molecule has 1 N–H and O–H groups in total. The maximum Gasteiger partial charge on any atom is 0.133 e. The Kier molecular flexibility index (Phi) is 3.77. The molecule has 0 spiro atoms. The highest BCUT2D eigenvalue weighted by molar-refractivity contribution is 5.80. The van der Waals surface area contributed by atoms with Crippen LogP contribution in [0.5, 0.6) is 0 Å². The molecule has 0 aliphatic heterocycles.